The first-order chi connectivity index (χ1) is 13.2. The molecule has 0 N–H and O–H groups in total. The number of aryl methyl sites for hydroxylation is 1. The molecular formula is C19H25N5O2S. The number of thiazole rings is 1. The fourth-order valence-electron chi connectivity index (χ4n) is 3.82. The predicted octanol–water partition coefficient (Wildman–Crippen LogP) is 2.28. The molecular weight excluding hydrogens is 362 g/mol. The molecule has 2 fully saturated rings. The number of hydrogen-bond acceptors (Lipinski definition) is 7. The zero-order valence-corrected chi connectivity index (χ0v) is 16.5. The summed E-state index contributed by atoms with van der Waals surface area (Å²) in [5, 5.41) is 3.19. The highest BCUT2D eigenvalue weighted by Gasteiger charge is 2.40. The van der Waals surface area contributed by atoms with E-state index < -0.39 is 0 Å². The van der Waals surface area contributed by atoms with E-state index in [-0.39, 0.29) is 11.5 Å². The second-order valence-electron chi connectivity index (χ2n) is 7.17. The van der Waals surface area contributed by atoms with Crippen molar-refractivity contribution in [1.29, 1.82) is 0 Å². The van der Waals surface area contributed by atoms with Crippen LogP contribution in [0.5, 0.6) is 0 Å². The number of rotatable bonds is 4. The van der Waals surface area contributed by atoms with Crippen molar-refractivity contribution >= 4 is 23.1 Å². The Hall–Kier alpha value is -2.06. The zero-order chi connectivity index (χ0) is 18.7. The van der Waals surface area contributed by atoms with Gasteiger partial charge in [0.05, 0.1) is 48.6 Å². The summed E-state index contributed by atoms with van der Waals surface area (Å²) in [4.78, 5) is 30.0. The van der Waals surface area contributed by atoms with Gasteiger partial charge in [-0.15, -0.1) is 11.3 Å². The summed E-state index contributed by atoms with van der Waals surface area (Å²) in [6.45, 7) is 5.54. The average molecular weight is 388 g/mol. The molecule has 4 rings (SSSR count). The molecule has 0 aliphatic carbocycles. The SMILES string of the molecule is CCc1nc(CN2CC3(CCN(c4cnccn4)CC3)OCCC2=O)cs1. The van der Waals surface area contributed by atoms with Crippen molar-refractivity contribution in [2.75, 3.05) is 31.1 Å². The predicted molar refractivity (Wildman–Crippen MR) is 104 cm³/mol. The highest BCUT2D eigenvalue weighted by molar-refractivity contribution is 7.09. The summed E-state index contributed by atoms with van der Waals surface area (Å²) < 4.78 is 6.24. The lowest BCUT2D eigenvalue weighted by atomic mass is 9.90. The van der Waals surface area contributed by atoms with Crippen molar-refractivity contribution in [3.63, 3.8) is 0 Å². The van der Waals surface area contributed by atoms with E-state index in [4.69, 9.17) is 4.74 Å². The van der Waals surface area contributed by atoms with E-state index in [9.17, 15) is 4.79 Å². The Balaban J connectivity index is 1.44. The normalized spacial score (nSPS) is 20.1. The lowest BCUT2D eigenvalue weighted by molar-refractivity contribution is -0.132. The maximum absolute atomic E-state index is 12.6. The van der Waals surface area contributed by atoms with E-state index in [1.165, 1.54) is 0 Å². The average Bonchev–Trinajstić information content (AvgIpc) is 3.10. The van der Waals surface area contributed by atoms with Crippen LogP contribution in [0.4, 0.5) is 5.82 Å². The second kappa shape index (κ2) is 7.90. The molecule has 27 heavy (non-hydrogen) atoms. The van der Waals surface area contributed by atoms with Crippen LogP contribution in [0.3, 0.4) is 0 Å². The molecule has 0 aromatic carbocycles. The molecule has 1 amide bonds. The lowest BCUT2D eigenvalue weighted by Gasteiger charge is -2.42. The van der Waals surface area contributed by atoms with Gasteiger partial charge in [-0.3, -0.25) is 9.78 Å². The number of aromatic nitrogens is 3. The molecule has 4 heterocycles. The number of hydrogen-bond donors (Lipinski definition) is 0. The first kappa shape index (κ1) is 18.3. The smallest absolute Gasteiger partial charge is 0.225 e. The highest BCUT2D eigenvalue weighted by Crippen LogP contribution is 2.32. The molecule has 0 unspecified atom stereocenters. The van der Waals surface area contributed by atoms with Crippen molar-refractivity contribution < 1.29 is 9.53 Å². The van der Waals surface area contributed by atoms with E-state index >= 15 is 0 Å². The summed E-state index contributed by atoms with van der Waals surface area (Å²) in [7, 11) is 0. The zero-order valence-electron chi connectivity index (χ0n) is 15.6. The monoisotopic (exact) mass is 387 g/mol. The molecule has 2 aliphatic rings. The minimum atomic E-state index is -0.269. The Morgan fingerprint density at radius 1 is 1.30 bits per heavy atom. The molecule has 2 aliphatic heterocycles. The van der Waals surface area contributed by atoms with Gasteiger partial charge in [0.15, 0.2) is 0 Å². The first-order valence-electron chi connectivity index (χ1n) is 9.53. The second-order valence-corrected chi connectivity index (χ2v) is 8.11. The molecule has 0 bridgehead atoms. The number of piperidine rings is 1. The maximum Gasteiger partial charge on any atom is 0.225 e. The Labute approximate surface area is 163 Å². The van der Waals surface area contributed by atoms with E-state index in [1.807, 2.05) is 4.90 Å². The molecule has 144 valence electrons. The van der Waals surface area contributed by atoms with Gasteiger partial charge in [-0.05, 0) is 19.3 Å². The molecule has 8 heteroatoms. The Bertz CT molecular complexity index is 773. The minimum absolute atomic E-state index is 0.161. The van der Waals surface area contributed by atoms with E-state index in [1.54, 1.807) is 29.9 Å². The van der Waals surface area contributed by atoms with Gasteiger partial charge in [-0.2, -0.15) is 0 Å². The number of nitrogens with zero attached hydrogens (tertiary/aromatic N) is 5. The third-order valence-electron chi connectivity index (χ3n) is 5.36. The lowest BCUT2D eigenvalue weighted by Crippen LogP contribution is -2.52. The number of carbonyl (C=O) groups is 1. The minimum Gasteiger partial charge on any atom is -0.372 e. The fraction of sp³-hybridized carbons (Fsp3) is 0.579. The van der Waals surface area contributed by atoms with Crippen LogP contribution < -0.4 is 4.90 Å². The molecule has 2 aromatic heterocycles. The third kappa shape index (κ3) is 4.11. The van der Waals surface area contributed by atoms with E-state index in [0.29, 0.717) is 26.1 Å². The van der Waals surface area contributed by atoms with Gasteiger partial charge in [0.1, 0.15) is 5.82 Å². The summed E-state index contributed by atoms with van der Waals surface area (Å²) in [5.74, 6) is 1.07. The highest BCUT2D eigenvalue weighted by atomic mass is 32.1. The van der Waals surface area contributed by atoms with Gasteiger partial charge in [0.25, 0.3) is 0 Å². The largest absolute Gasteiger partial charge is 0.372 e. The number of amides is 1. The van der Waals surface area contributed by atoms with Gasteiger partial charge in [0, 0.05) is 30.9 Å². The summed E-state index contributed by atoms with van der Waals surface area (Å²) in [5.41, 5.74) is 0.716. The maximum atomic E-state index is 12.6. The topological polar surface area (TPSA) is 71.5 Å². The van der Waals surface area contributed by atoms with Gasteiger partial charge in [-0.25, -0.2) is 9.97 Å². The summed E-state index contributed by atoms with van der Waals surface area (Å²) >= 11 is 1.67. The van der Waals surface area contributed by atoms with Crippen molar-refractivity contribution in [3.05, 3.63) is 34.7 Å². The number of anilines is 1. The third-order valence-corrected chi connectivity index (χ3v) is 6.40. The fourth-order valence-corrected chi connectivity index (χ4v) is 4.55. The molecule has 1 spiro atoms. The van der Waals surface area contributed by atoms with Crippen molar-refractivity contribution in [3.8, 4) is 0 Å². The molecule has 2 saturated heterocycles. The van der Waals surface area contributed by atoms with Crippen LogP contribution in [0.15, 0.2) is 24.0 Å². The Morgan fingerprint density at radius 2 is 2.15 bits per heavy atom. The van der Waals surface area contributed by atoms with Crippen LogP contribution in [0.1, 0.15) is 36.9 Å². The quantitative estimate of drug-likeness (QED) is 0.802. The standard InChI is InChI=1S/C19H25N5O2S/c1-2-17-22-15(13-27-17)12-24-14-19(26-10-3-18(24)25)4-8-23(9-5-19)16-11-20-6-7-21-16/h6-7,11,13H,2-5,8-10,12,14H2,1H3. The van der Waals surface area contributed by atoms with Crippen LogP contribution in [0.2, 0.25) is 0 Å². The van der Waals surface area contributed by atoms with Crippen molar-refractivity contribution in [1.82, 2.24) is 19.9 Å². The van der Waals surface area contributed by atoms with Gasteiger partial charge in [-0.1, -0.05) is 6.92 Å². The first-order valence-corrected chi connectivity index (χ1v) is 10.4. The molecule has 0 saturated carbocycles. The van der Waals surface area contributed by atoms with Crippen molar-refractivity contribution in [2.24, 2.45) is 0 Å². The molecule has 2 aromatic rings. The van der Waals surface area contributed by atoms with Crippen LogP contribution in [0, 0.1) is 0 Å². The van der Waals surface area contributed by atoms with E-state index in [2.05, 4.69) is 32.2 Å². The molecule has 7 nitrogen and oxygen atoms in total. The van der Waals surface area contributed by atoms with E-state index in [0.717, 1.165) is 48.9 Å². The summed E-state index contributed by atoms with van der Waals surface area (Å²) in [6, 6.07) is 0. The van der Waals surface area contributed by atoms with Gasteiger partial charge in [0.2, 0.25) is 5.91 Å². The Morgan fingerprint density at radius 3 is 2.85 bits per heavy atom. The molecule has 0 atom stereocenters. The van der Waals surface area contributed by atoms with Gasteiger partial charge >= 0.3 is 0 Å². The summed E-state index contributed by atoms with van der Waals surface area (Å²) in [6.07, 6.45) is 8.35. The number of ether oxygens (including phenoxy) is 1. The van der Waals surface area contributed by atoms with Gasteiger partial charge < -0.3 is 14.5 Å². The van der Waals surface area contributed by atoms with Crippen LogP contribution >= 0.6 is 11.3 Å². The van der Waals surface area contributed by atoms with Crippen LogP contribution in [-0.2, 0) is 22.5 Å². The Kier molecular flexibility index (Phi) is 5.36. The van der Waals surface area contributed by atoms with Crippen molar-refractivity contribution in [2.45, 2.75) is 44.8 Å². The van der Waals surface area contributed by atoms with Crippen LogP contribution in [0.25, 0.3) is 0 Å². The van der Waals surface area contributed by atoms with Crippen LogP contribution in [-0.4, -0.2) is 57.6 Å². The number of carbonyl (C=O) groups excluding carboxylic acids is 1. The molecule has 0 radical (unpaired) electrons.